The van der Waals surface area contributed by atoms with Gasteiger partial charge in [-0.2, -0.15) is 4.98 Å². The number of aromatic amines is 1. The Hall–Kier alpha value is -5.18. The van der Waals surface area contributed by atoms with Crippen LogP contribution in [0.3, 0.4) is 0 Å². The molecule has 0 saturated carbocycles. The third-order valence-corrected chi connectivity index (χ3v) is 5.41. The van der Waals surface area contributed by atoms with Gasteiger partial charge in [-0.15, -0.1) is 6.42 Å². The molecular formula is C25H19F2N5O5. The zero-order valence-electron chi connectivity index (χ0n) is 19.3. The highest BCUT2D eigenvalue weighted by Gasteiger charge is 2.18. The molecule has 0 bridgehead atoms. The summed E-state index contributed by atoms with van der Waals surface area (Å²) in [7, 11) is 1.41. The fraction of sp³-hybridized carbons (Fsp3) is 0.120. The van der Waals surface area contributed by atoms with E-state index in [4.69, 9.17) is 11.2 Å². The molecule has 4 rings (SSSR count). The number of terminal acetylenes is 1. The Labute approximate surface area is 207 Å². The number of anilines is 2. The van der Waals surface area contributed by atoms with Gasteiger partial charge in [-0.05, 0) is 35.9 Å². The third kappa shape index (κ3) is 5.10. The van der Waals surface area contributed by atoms with Crippen LogP contribution in [0.1, 0.15) is 16.7 Å². The molecule has 37 heavy (non-hydrogen) atoms. The van der Waals surface area contributed by atoms with Crippen LogP contribution >= 0.6 is 0 Å². The monoisotopic (exact) mass is 507 g/mol. The quantitative estimate of drug-likeness (QED) is 0.257. The molecule has 0 spiro atoms. The molecule has 0 radical (unpaired) electrons. The summed E-state index contributed by atoms with van der Waals surface area (Å²) < 4.78 is 34.8. The SMILES string of the molecule is C#Cc1cc(Cn2c(Nc3ccc(OC)cc3O)nc(=O)n(Cc3ccc[nH]c3=O)c2=O)cc(F)c1F. The molecule has 0 atom stereocenters. The highest BCUT2D eigenvalue weighted by molar-refractivity contribution is 5.63. The van der Waals surface area contributed by atoms with Crippen molar-refractivity contribution in [2.45, 2.75) is 13.1 Å². The average molecular weight is 507 g/mol. The van der Waals surface area contributed by atoms with Gasteiger partial charge in [0.15, 0.2) is 11.6 Å². The van der Waals surface area contributed by atoms with Crippen molar-refractivity contribution in [1.29, 1.82) is 0 Å². The molecule has 2 aromatic carbocycles. The number of nitrogens with one attached hydrogen (secondary N) is 2. The van der Waals surface area contributed by atoms with Gasteiger partial charge in [0.25, 0.3) is 5.56 Å². The number of rotatable bonds is 7. The van der Waals surface area contributed by atoms with Crippen molar-refractivity contribution in [3.05, 3.63) is 108 Å². The molecule has 0 fully saturated rings. The van der Waals surface area contributed by atoms with E-state index < -0.39 is 35.1 Å². The van der Waals surface area contributed by atoms with E-state index in [2.05, 4.69) is 15.3 Å². The van der Waals surface area contributed by atoms with E-state index in [1.54, 1.807) is 0 Å². The zero-order valence-corrected chi connectivity index (χ0v) is 19.3. The Kier molecular flexibility index (Phi) is 6.88. The second kappa shape index (κ2) is 10.2. The maximum Gasteiger partial charge on any atom is 0.355 e. The molecular weight excluding hydrogens is 488 g/mol. The topological polar surface area (TPSA) is 131 Å². The van der Waals surface area contributed by atoms with Gasteiger partial charge in [0.1, 0.15) is 11.5 Å². The maximum absolute atomic E-state index is 14.1. The number of aromatic hydroxyl groups is 1. The first-order valence-corrected chi connectivity index (χ1v) is 10.7. The van der Waals surface area contributed by atoms with E-state index >= 15 is 0 Å². The zero-order chi connectivity index (χ0) is 26.7. The number of phenols is 1. The van der Waals surface area contributed by atoms with Crippen LogP contribution in [0, 0.1) is 24.0 Å². The minimum atomic E-state index is -1.22. The van der Waals surface area contributed by atoms with Crippen molar-refractivity contribution in [1.82, 2.24) is 19.1 Å². The first-order valence-electron chi connectivity index (χ1n) is 10.7. The number of H-pyrrole nitrogens is 1. The predicted molar refractivity (Wildman–Crippen MR) is 130 cm³/mol. The van der Waals surface area contributed by atoms with E-state index in [-0.39, 0.29) is 40.6 Å². The van der Waals surface area contributed by atoms with E-state index in [9.17, 15) is 28.3 Å². The number of hydrogen-bond donors (Lipinski definition) is 3. The lowest BCUT2D eigenvalue weighted by atomic mass is 10.1. The number of aromatic nitrogens is 4. The van der Waals surface area contributed by atoms with E-state index in [0.717, 1.165) is 10.6 Å². The summed E-state index contributed by atoms with van der Waals surface area (Å²) in [6.45, 7) is -0.787. The third-order valence-electron chi connectivity index (χ3n) is 5.41. The van der Waals surface area contributed by atoms with Crippen LogP contribution in [0.15, 0.2) is 63.0 Å². The maximum atomic E-state index is 14.1. The van der Waals surface area contributed by atoms with Gasteiger partial charge in [0, 0.05) is 17.8 Å². The van der Waals surface area contributed by atoms with Crippen LogP contribution in [0.2, 0.25) is 0 Å². The average Bonchev–Trinajstić information content (AvgIpc) is 2.88. The van der Waals surface area contributed by atoms with Gasteiger partial charge in [0.2, 0.25) is 5.95 Å². The minimum Gasteiger partial charge on any atom is -0.506 e. The molecule has 0 unspecified atom stereocenters. The van der Waals surface area contributed by atoms with Crippen molar-refractivity contribution in [3.8, 4) is 23.8 Å². The van der Waals surface area contributed by atoms with Crippen LogP contribution in [-0.2, 0) is 13.1 Å². The number of methoxy groups -OCH3 is 1. The second-order valence-corrected chi connectivity index (χ2v) is 7.79. The lowest BCUT2D eigenvalue weighted by molar-refractivity contribution is 0.408. The molecule has 0 aliphatic rings. The lowest BCUT2D eigenvalue weighted by Crippen LogP contribution is -2.43. The van der Waals surface area contributed by atoms with Crippen molar-refractivity contribution in [2.24, 2.45) is 0 Å². The van der Waals surface area contributed by atoms with Gasteiger partial charge < -0.3 is 20.1 Å². The molecule has 188 valence electrons. The number of nitrogens with zero attached hydrogens (tertiary/aromatic N) is 3. The number of benzene rings is 2. The van der Waals surface area contributed by atoms with Crippen LogP contribution in [0.5, 0.6) is 11.5 Å². The summed E-state index contributed by atoms with van der Waals surface area (Å²) in [5.74, 6) is -0.636. The minimum absolute atomic E-state index is 0.0766. The molecule has 0 aliphatic heterocycles. The fourth-order valence-corrected chi connectivity index (χ4v) is 3.54. The molecule has 2 heterocycles. The van der Waals surface area contributed by atoms with Gasteiger partial charge >= 0.3 is 11.4 Å². The summed E-state index contributed by atoms with van der Waals surface area (Å²) in [6.07, 6.45) is 6.66. The van der Waals surface area contributed by atoms with Crippen molar-refractivity contribution >= 4 is 11.6 Å². The highest BCUT2D eigenvalue weighted by Crippen LogP contribution is 2.29. The van der Waals surface area contributed by atoms with Crippen LogP contribution in [-0.4, -0.2) is 31.3 Å². The summed E-state index contributed by atoms with van der Waals surface area (Å²) >= 11 is 0. The first-order chi connectivity index (χ1) is 17.7. The molecule has 3 N–H and O–H groups in total. The normalized spacial score (nSPS) is 10.6. The van der Waals surface area contributed by atoms with E-state index in [1.807, 2.05) is 5.92 Å². The van der Waals surface area contributed by atoms with Gasteiger partial charge in [-0.3, -0.25) is 9.36 Å². The largest absolute Gasteiger partial charge is 0.506 e. The molecule has 4 aromatic rings. The van der Waals surface area contributed by atoms with Gasteiger partial charge in [-0.25, -0.2) is 22.9 Å². The standard InChI is InChI=1S/C25H19F2N5O5/c1-3-15-9-14(10-18(26)21(15)27)12-31-23(29-19-7-6-17(37-2)11-20(19)33)30-24(35)32(25(31)36)13-16-5-4-8-28-22(16)34/h1,4-11,33H,12-13H2,2H3,(H,28,34)(H,29,30,35). The fourth-order valence-electron chi connectivity index (χ4n) is 3.54. The van der Waals surface area contributed by atoms with Crippen molar-refractivity contribution < 1.29 is 18.6 Å². The van der Waals surface area contributed by atoms with Crippen LogP contribution in [0.4, 0.5) is 20.4 Å². The number of phenolic OH excluding ortho intramolecular Hbond substituents is 1. The molecule has 0 aliphatic carbocycles. The summed E-state index contributed by atoms with van der Waals surface area (Å²) in [5.41, 5.74) is -2.48. The number of halogens is 2. The molecule has 12 heteroatoms. The molecule has 10 nitrogen and oxygen atoms in total. The Morgan fingerprint density at radius 1 is 1.14 bits per heavy atom. The predicted octanol–water partition coefficient (Wildman–Crippen LogP) is 1.91. The Balaban J connectivity index is 1.87. The first kappa shape index (κ1) is 24.9. The number of ether oxygens (including phenoxy) is 1. The van der Waals surface area contributed by atoms with Gasteiger partial charge in [-0.1, -0.05) is 12.0 Å². The number of pyridine rings is 1. The summed E-state index contributed by atoms with van der Waals surface area (Å²) in [4.78, 5) is 44.8. The van der Waals surface area contributed by atoms with Crippen LogP contribution < -0.4 is 27.0 Å². The molecule has 2 aromatic heterocycles. The molecule has 0 saturated heterocycles. The summed E-state index contributed by atoms with van der Waals surface area (Å²) in [6, 6.07) is 9.23. The Morgan fingerprint density at radius 3 is 2.59 bits per heavy atom. The van der Waals surface area contributed by atoms with Crippen molar-refractivity contribution in [3.63, 3.8) is 0 Å². The van der Waals surface area contributed by atoms with Crippen LogP contribution in [0.25, 0.3) is 0 Å². The second-order valence-electron chi connectivity index (χ2n) is 7.79. The Bertz CT molecular complexity index is 1720. The van der Waals surface area contributed by atoms with Crippen molar-refractivity contribution in [2.75, 3.05) is 12.4 Å². The molecule has 0 amide bonds. The lowest BCUT2D eigenvalue weighted by Gasteiger charge is -2.17. The van der Waals surface area contributed by atoms with E-state index in [1.165, 1.54) is 49.7 Å². The van der Waals surface area contributed by atoms with Gasteiger partial charge in [0.05, 0.1) is 31.5 Å². The smallest absolute Gasteiger partial charge is 0.355 e. The summed E-state index contributed by atoms with van der Waals surface area (Å²) in [5, 5.41) is 13.0. The highest BCUT2D eigenvalue weighted by atomic mass is 19.2. The number of hydrogen-bond acceptors (Lipinski definition) is 7. The Morgan fingerprint density at radius 2 is 1.92 bits per heavy atom. The van der Waals surface area contributed by atoms with E-state index in [0.29, 0.717) is 10.3 Å².